The second-order valence-electron chi connectivity index (χ2n) is 2.84. The number of hydrogen-bond donors (Lipinski definition) is 1. The lowest BCUT2D eigenvalue weighted by Crippen LogP contribution is -2.10. The van der Waals surface area contributed by atoms with Crippen molar-refractivity contribution in [3.63, 3.8) is 0 Å². The van der Waals surface area contributed by atoms with E-state index in [4.69, 9.17) is 5.73 Å². The SMILES string of the molecule is CCCCCC(C)CN.O. The van der Waals surface area contributed by atoms with Gasteiger partial charge in [-0.15, -0.1) is 0 Å². The Balaban J connectivity index is 0. The first-order valence-electron chi connectivity index (χ1n) is 4.01. The van der Waals surface area contributed by atoms with Gasteiger partial charge in [0.25, 0.3) is 0 Å². The van der Waals surface area contributed by atoms with Crippen LogP contribution in [0.5, 0.6) is 0 Å². The highest BCUT2D eigenvalue weighted by Crippen LogP contribution is 2.06. The zero-order valence-electron chi connectivity index (χ0n) is 7.19. The molecule has 64 valence electrons. The summed E-state index contributed by atoms with van der Waals surface area (Å²) in [6.45, 7) is 5.30. The molecule has 0 saturated carbocycles. The zero-order valence-corrected chi connectivity index (χ0v) is 7.19. The fourth-order valence-corrected chi connectivity index (χ4v) is 0.861. The Labute approximate surface area is 64.1 Å². The van der Waals surface area contributed by atoms with Crippen molar-refractivity contribution in [2.45, 2.75) is 39.5 Å². The van der Waals surface area contributed by atoms with E-state index in [1.165, 1.54) is 25.7 Å². The average Bonchev–Trinajstić information content (AvgIpc) is 1.89. The standard InChI is InChI=1S/C8H19N.H2O/c1-3-4-5-6-8(2)7-9;/h8H,3-7,9H2,1-2H3;1H2. The fraction of sp³-hybridized carbons (Fsp3) is 1.00. The van der Waals surface area contributed by atoms with Crippen molar-refractivity contribution in [1.29, 1.82) is 0 Å². The van der Waals surface area contributed by atoms with E-state index in [1.807, 2.05) is 0 Å². The van der Waals surface area contributed by atoms with E-state index in [1.54, 1.807) is 0 Å². The van der Waals surface area contributed by atoms with Gasteiger partial charge in [-0.2, -0.15) is 0 Å². The third-order valence-corrected chi connectivity index (χ3v) is 1.70. The fourth-order valence-electron chi connectivity index (χ4n) is 0.861. The second kappa shape index (κ2) is 8.92. The van der Waals surface area contributed by atoms with Gasteiger partial charge in [-0.25, -0.2) is 0 Å². The molecule has 1 unspecified atom stereocenters. The van der Waals surface area contributed by atoms with Crippen molar-refractivity contribution >= 4 is 0 Å². The van der Waals surface area contributed by atoms with E-state index in [2.05, 4.69) is 13.8 Å². The highest BCUT2D eigenvalue weighted by Gasteiger charge is 1.96. The first kappa shape index (κ1) is 12.6. The van der Waals surface area contributed by atoms with Crippen LogP contribution in [0.1, 0.15) is 39.5 Å². The van der Waals surface area contributed by atoms with Crippen molar-refractivity contribution in [2.75, 3.05) is 6.54 Å². The summed E-state index contributed by atoms with van der Waals surface area (Å²) in [5.41, 5.74) is 5.45. The van der Waals surface area contributed by atoms with Crippen LogP contribution in [0.2, 0.25) is 0 Å². The quantitative estimate of drug-likeness (QED) is 0.586. The topological polar surface area (TPSA) is 57.5 Å². The molecule has 4 N–H and O–H groups in total. The summed E-state index contributed by atoms with van der Waals surface area (Å²) in [6, 6.07) is 0. The maximum atomic E-state index is 5.45. The lowest BCUT2D eigenvalue weighted by atomic mass is 10.0. The smallest absolute Gasteiger partial charge is 0.00515 e. The maximum Gasteiger partial charge on any atom is -0.00515 e. The van der Waals surface area contributed by atoms with Gasteiger partial charge >= 0.3 is 0 Å². The third-order valence-electron chi connectivity index (χ3n) is 1.70. The van der Waals surface area contributed by atoms with Crippen LogP contribution in [0.25, 0.3) is 0 Å². The highest BCUT2D eigenvalue weighted by atomic mass is 16.0. The largest absolute Gasteiger partial charge is 0.412 e. The van der Waals surface area contributed by atoms with Crippen LogP contribution in [0.15, 0.2) is 0 Å². The molecular weight excluding hydrogens is 126 g/mol. The molecule has 0 aliphatic rings. The molecule has 0 radical (unpaired) electrons. The molecule has 0 bridgehead atoms. The van der Waals surface area contributed by atoms with Crippen LogP contribution in [-0.2, 0) is 0 Å². The van der Waals surface area contributed by atoms with E-state index >= 15 is 0 Å². The molecule has 0 aromatic rings. The zero-order chi connectivity index (χ0) is 7.11. The number of nitrogens with two attached hydrogens (primary N) is 1. The summed E-state index contributed by atoms with van der Waals surface area (Å²) in [5.74, 6) is 0.733. The summed E-state index contributed by atoms with van der Waals surface area (Å²) in [5, 5.41) is 0. The predicted molar refractivity (Wildman–Crippen MR) is 46.0 cm³/mol. The van der Waals surface area contributed by atoms with Crippen LogP contribution in [0.4, 0.5) is 0 Å². The summed E-state index contributed by atoms with van der Waals surface area (Å²) < 4.78 is 0. The maximum absolute atomic E-state index is 5.45. The van der Waals surface area contributed by atoms with Gasteiger partial charge in [-0.05, 0) is 18.9 Å². The van der Waals surface area contributed by atoms with Crippen LogP contribution in [-0.4, -0.2) is 12.0 Å². The van der Waals surface area contributed by atoms with Gasteiger partial charge in [0.05, 0.1) is 0 Å². The van der Waals surface area contributed by atoms with Gasteiger partial charge in [0.2, 0.25) is 0 Å². The van der Waals surface area contributed by atoms with Gasteiger partial charge in [-0.3, -0.25) is 0 Å². The lowest BCUT2D eigenvalue weighted by molar-refractivity contribution is 0.505. The van der Waals surface area contributed by atoms with Crippen molar-refractivity contribution in [2.24, 2.45) is 11.7 Å². The molecule has 2 heteroatoms. The Morgan fingerprint density at radius 1 is 1.30 bits per heavy atom. The third kappa shape index (κ3) is 7.92. The number of rotatable bonds is 5. The molecular formula is C8H21NO. The van der Waals surface area contributed by atoms with Crippen molar-refractivity contribution in [3.8, 4) is 0 Å². The summed E-state index contributed by atoms with van der Waals surface area (Å²) in [6.07, 6.45) is 5.35. The normalized spacial score (nSPS) is 12.3. The predicted octanol–water partition coefficient (Wildman–Crippen LogP) is 1.34. The van der Waals surface area contributed by atoms with Gasteiger partial charge in [-0.1, -0.05) is 33.1 Å². The average molecular weight is 147 g/mol. The van der Waals surface area contributed by atoms with Crippen molar-refractivity contribution in [3.05, 3.63) is 0 Å². The minimum Gasteiger partial charge on any atom is -0.412 e. The summed E-state index contributed by atoms with van der Waals surface area (Å²) >= 11 is 0. The van der Waals surface area contributed by atoms with Crippen LogP contribution in [0.3, 0.4) is 0 Å². The minimum atomic E-state index is 0. The van der Waals surface area contributed by atoms with E-state index in [9.17, 15) is 0 Å². The molecule has 0 aliphatic carbocycles. The van der Waals surface area contributed by atoms with Crippen molar-refractivity contribution < 1.29 is 5.48 Å². The first-order valence-corrected chi connectivity index (χ1v) is 4.01. The molecule has 2 nitrogen and oxygen atoms in total. The molecule has 10 heavy (non-hydrogen) atoms. The van der Waals surface area contributed by atoms with Gasteiger partial charge in [0.15, 0.2) is 0 Å². The Bertz CT molecular complexity index is 57.2. The summed E-state index contributed by atoms with van der Waals surface area (Å²) in [7, 11) is 0. The molecule has 0 fully saturated rings. The van der Waals surface area contributed by atoms with Gasteiger partial charge in [0, 0.05) is 0 Å². The van der Waals surface area contributed by atoms with Crippen LogP contribution in [0, 0.1) is 5.92 Å². The van der Waals surface area contributed by atoms with E-state index in [0.717, 1.165) is 12.5 Å². The Kier molecular flexibility index (Phi) is 11.2. The minimum absolute atomic E-state index is 0. The molecule has 0 saturated heterocycles. The van der Waals surface area contributed by atoms with Crippen LogP contribution < -0.4 is 5.73 Å². The molecule has 0 amide bonds. The molecule has 0 aromatic carbocycles. The highest BCUT2D eigenvalue weighted by molar-refractivity contribution is 4.52. The van der Waals surface area contributed by atoms with Gasteiger partial charge < -0.3 is 11.2 Å². The van der Waals surface area contributed by atoms with Crippen molar-refractivity contribution in [1.82, 2.24) is 0 Å². The Morgan fingerprint density at radius 2 is 1.90 bits per heavy atom. The van der Waals surface area contributed by atoms with Crippen LogP contribution >= 0.6 is 0 Å². The van der Waals surface area contributed by atoms with E-state index in [0.29, 0.717) is 0 Å². The lowest BCUT2D eigenvalue weighted by Gasteiger charge is -2.05. The van der Waals surface area contributed by atoms with E-state index in [-0.39, 0.29) is 5.48 Å². The molecule has 0 spiro atoms. The molecule has 0 heterocycles. The Hall–Kier alpha value is -0.0800. The number of hydrogen-bond acceptors (Lipinski definition) is 1. The molecule has 0 aliphatic heterocycles. The monoisotopic (exact) mass is 147 g/mol. The second-order valence-corrected chi connectivity index (χ2v) is 2.84. The molecule has 0 aromatic heterocycles. The van der Waals surface area contributed by atoms with E-state index < -0.39 is 0 Å². The molecule has 1 atom stereocenters. The van der Waals surface area contributed by atoms with Gasteiger partial charge in [0.1, 0.15) is 0 Å². The summed E-state index contributed by atoms with van der Waals surface area (Å²) in [4.78, 5) is 0. The first-order chi connectivity index (χ1) is 4.31. The molecule has 0 rings (SSSR count). The number of unbranched alkanes of at least 4 members (excludes halogenated alkanes) is 2. The Morgan fingerprint density at radius 3 is 2.30 bits per heavy atom.